The summed E-state index contributed by atoms with van der Waals surface area (Å²) in [5.41, 5.74) is 10.7. The molecule has 1 heterocycles. The van der Waals surface area contributed by atoms with E-state index in [0.29, 0.717) is 18.6 Å². The second kappa shape index (κ2) is 27.8. The smallest absolute Gasteiger partial charge is 0.326 e. The second-order valence-electron chi connectivity index (χ2n) is 16.0. The molecule has 1 aliphatic heterocycles. The van der Waals surface area contributed by atoms with Gasteiger partial charge in [-0.25, -0.2) is 4.79 Å². The highest BCUT2D eigenvalue weighted by Gasteiger charge is 2.40. The molecule has 1 rings (SSSR count). The summed E-state index contributed by atoms with van der Waals surface area (Å²) in [6, 6.07) is -8.74. The minimum absolute atomic E-state index is 0.0435. The summed E-state index contributed by atoms with van der Waals surface area (Å²) in [6.07, 6.45) is 2.41. The monoisotopic (exact) mass is 900 g/mol. The van der Waals surface area contributed by atoms with Crippen LogP contribution in [0.25, 0.3) is 0 Å². The van der Waals surface area contributed by atoms with Crippen molar-refractivity contribution in [2.45, 2.75) is 129 Å². The third kappa shape index (κ3) is 18.5. The molecule has 8 atom stereocenters. The van der Waals surface area contributed by atoms with Gasteiger partial charge in [0.25, 0.3) is 0 Å². The first kappa shape index (κ1) is 55.0. The summed E-state index contributed by atoms with van der Waals surface area (Å²) in [5, 5.41) is 37.2. The number of aliphatic carboxylic acids is 1. The maximum atomic E-state index is 13.9. The number of carbonyl (C=O) groups is 10. The number of carboxylic acid groups (broad SMARTS) is 1. The predicted octanol–water partition coefficient (Wildman–Crippen LogP) is -3.20. The lowest BCUT2D eigenvalue weighted by Crippen LogP contribution is -2.61. The Kier molecular flexibility index (Phi) is 24.7. The normalized spacial score (nSPS) is 17.0. The van der Waals surface area contributed by atoms with Crippen LogP contribution >= 0.6 is 11.8 Å². The number of carbonyl (C=O) groups excluding carboxylic acids is 9. The van der Waals surface area contributed by atoms with Gasteiger partial charge in [-0.3, -0.25) is 43.2 Å². The van der Waals surface area contributed by atoms with Crippen LogP contribution in [0.15, 0.2) is 0 Å². The Hall–Kier alpha value is -5.03. The molecule has 0 aromatic rings. The summed E-state index contributed by atoms with van der Waals surface area (Å²) < 4.78 is 0. The molecule has 0 bridgehead atoms. The molecule has 0 aromatic heterocycles. The van der Waals surface area contributed by atoms with Gasteiger partial charge >= 0.3 is 5.97 Å². The summed E-state index contributed by atoms with van der Waals surface area (Å²) in [5.74, 6) is -8.65. The molecule has 62 heavy (non-hydrogen) atoms. The molecule has 352 valence electrons. The fraction of sp³-hybridized carbons (Fsp3) is 0.744. The van der Waals surface area contributed by atoms with Crippen molar-refractivity contribution in [3.8, 4) is 0 Å². The van der Waals surface area contributed by atoms with Crippen molar-refractivity contribution < 1.29 is 58.2 Å². The van der Waals surface area contributed by atoms with Crippen LogP contribution in [-0.4, -0.2) is 155 Å². The summed E-state index contributed by atoms with van der Waals surface area (Å²) >= 11 is 1.44. The average Bonchev–Trinajstić information content (AvgIpc) is 3.71. The molecule has 9 amide bonds. The number of rotatable bonds is 28. The van der Waals surface area contributed by atoms with E-state index in [-0.39, 0.29) is 51.1 Å². The number of carboxylic acids is 1. The highest BCUT2D eigenvalue weighted by atomic mass is 32.2. The van der Waals surface area contributed by atoms with Crippen LogP contribution in [0.5, 0.6) is 0 Å². The van der Waals surface area contributed by atoms with Crippen LogP contribution < -0.4 is 48.7 Å². The SMILES string of the molecule is CC[C@H](C)[C@H](NC(=O)[C@H](CCC(N)=O)NC(=O)[C@@H]1CCCN1C(=O)[C@H](CO)NC(=O)CNC(=O)[C@H](CCSC)NC(=O)CN)C(=O)N[C@@H](CC(C)C)C(=O)N[C@H](C(=O)O)C(C)C. The molecule has 1 aliphatic rings. The van der Waals surface area contributed by atoms with Gasteiger partial charge in [-0.2, -0.15) is 11.8 Å². The van der Waals surface area contributed by atoms with E-state index in [9.17, 15) is 58.2 Å². The Morgan fingerprint density at radius 1 is 0.758 bits per heavy atom. The first-order chi connectivity index (χ1) is 29.1. The molecular weight excluding hydrogens is 833 g/mol. The van der Waals surface area contributed by atoms with E-state index in [1.165, 1.54) is 11.8 Å². The number of likely N-dealkylation sites (tertiary alicyclic amines) is 1. The highest BCUT2D eigenvalue weighted by molar-refractivity contribution is 7.98. The van der Waals surface area contributed by atoms with Crippen molar-refractivity contribution in [3.05, 3.63) is 0 Å². The van der Waals surface area contributed by atoms with Gasteiger partial charge in [0.05, 0.1) is 19.7 Å². The number of primary amides is 1. The van der Waals surface area contributed by atoms with Crippen molar-refractivity contribution in [1.82, 2.24) is 42.1 Å². The lowest BCUT2D eigenvalue weighted by atomic mass is 9.95. The van der Waals surface area contributed by atoms with E-state index in [1.54, 1.807) is 27.7 Å². The Morgan fingerprint density at radius 3 is 1.89 bits per heavy atom. The number of nitrogens with two attached hydrogens (primary N) is 2. The number of hydrogen-bond donors (Lipinski definition) is 11. The maximum absolute atomic E-state index is 13.9. The van der Waals surface area contributed by atoms with Crippen LogP contribution in [0.4, 0.5) is 0 Å². The van der Waals surface area contributed by atoms with Gasteiger partial charge in [0.2, 0.25) is 53.2 Å². The predicted molar refractivity (Wildman–Crippen MR) is 228 cm³/mol. The molecule has 23 heteroatoms. The minimum Gasteiger partial charge on any atom is -0.480 e. The van der Waals surface area contributed by atoms with Gasteiger partial charge in [-0.15, -0.1) is 0 Å². The summed E-state index contributed by atoms with van der Waals surface area (Å²) in [6.45, 7) is 8.52. The van der Waals surface area contributed by atoms with Crippen LogP contribution in [0.3, 0.4) is 0 Å². The average molecular weight is 901 g/mol. The van der Waals surface area contributed by atoms with Gasteiger partial charge in [-0.05, 0) is 61.9 Å². The zero-order valence-electron chi connectivity index (χ0n) is 36.7. The minimum atomic E-state index is -1.53. The summed E-state index contributed by atoms with van der Waals surface area (Å²) in [4.78, 5) is 130. The standard InChI is InChI=1S/C39H68N10O12S/c1-8-22(6)32(37(58)46-25(16-20(2)3)35(56)47-31(21(4)5)39(60)61)48-34(55)23(11-12-28(41)51)45-36(57)27-10-9-14-49(27)38(59)26(19-50)44-30(53)18-42-33(54)24(13-15-62-7)43-29(52)17-40/h20-27,31-32,50H,8-19,40H2,1-7H3,(H2,41,51)(H,42,54)(H,43,52)(H,44,53)(H,45,57)(H,46,58)(H,47,56)(H,48,55)(H,60,61)/t22-,23-,24-,25-,26-,27-,31-,32-/m0/s1. The van der Waals surface area contributed by atoms with Gasteiger partial charge in [0.15, 0.2) is 0 Å². The van der Waals surface area contributed by atoms with Crippen LogP contribution in [0.1, 0.15) is 86.5 Å². The number of nitrogens with zero attached hydrogens (tertiary/aromatic N) is 1. The third-order valence-corrected chi connectivity index (χ3v) is 10.8. The largest absolute Gasteiger partial charge is 0.480 e. The number of thioether (sulfide) groups is 1. The molecule has 13 N–H and O–H groups in total. The van der Waals surface area contributed by atoms with E-state index in [2.05, 4.69) is 37.2 Å². The van der Waals surface area contributed by atoms with E-state index in [4.69, 9.17) is 11.5 Å². The Labute approximate surface area is 366 Å². The molecule has 0 spiro atoms. The molecule has 22 nitrogen and oxygen atoms in total. The van der Waals surface area contributed by atoms with Crippen molar-refractivity contribution >= 4 is 70.9 Å². The number of nitrogens with one attached hydrogen (secondary N) is 7. The van der Waals surface area contributed by atoms with E-state index >= 15 is 0 Å². The van der Waals surface area contributed by atoms with Crippen LogP contribution in [-0.2, 0) is 47.9 Å². The number of aliphatic hydroxyl groups is 1. The van der Waals surface area contributed by atoms with Crippen molar-refractivity contribution in [2.24, 2.45) is 29.2 Å². The van der Waals surface area contributed by atoms with Gasteiger partial charge in [0, 0.05) is 13.0 Å². The topological polar surface area (TPSA) is 351 Å². The third-order valence-electron chi connectivity index (χ3n) is 10.2. The fourth-order valence-electron chi connectivity index (χ4n) is 6.49. The van der Waals surface area contributed by atoms with Crippen molar-refractivity contribution in [3.63, 3.8) is 0 Å². The molecule has 0 radical (unpaired) electrons. The lowest BCUT2D eigenvalue weighted by Gasteiger charge is -2.31. The summed E-state index contributed by atoms with van der Waals surface area (Å²) in [7, 11) is 0. The van der Waals surface area contributed by atoms with Crippen molar-refractivity contribution in [2.75, 3.05) is 38.2 Å². The molecule has 1 fully saturated rings. The first-order valence-corrected chi connectivity index (χ1v) is 22.2. The lowest BCUT2D eigenvalue weighted by molar-refractivity contribution is -0.144. The molecule has 0 unspecified atom stereocenters. The Morgan fingerprint density at radius 2 is 1.35 bits per heavy atom. The fourth-order valence-corrected chi connectivity index (χ4v) is 6.96. The van der Waals surface area contributed by atoms with Crippen molar-refractivity contribution in [1.29, 1.82) is 0 Å². The Bertz CT molecular complexity index is 1580. The quantitative estimate of drug-likeness (QED) is 0.0369. The van der Waals surface area contributed by atoms with Crippen LogP contribution in [0.2, 0.25) is 0 Å². The zero-order chi connectivity index (χ0) is 47.3. The second-order valence-corrected chi connectivity index (χ2v) is 17.0. The number of hydrogen-bond acceptors (Lipinski definition) is 13. The molecular formula is C39H68N10O12S. The van der Waals surface area contributed by atoms with E-state index in [1.807, 2.05) is 20.1 Å². The molecule has 0 saturated carbocycles. The zero-order valence-corrected chi connectivity index (χ0v) is 37.6. The molecule has 0 aliphatic carbocycles. The van der Waals surface area contributed by atoms with Gasteiger partial charge < -0.3 is 63.8 Å². The van der Waals surface area contributed by atoms with E-state index < -0.39 is 126 Å². The van der Waals surface area contributed by atoms with Gasteiger partial charge in [0.1, 0.15) is 42.3 Å². The maximum Gasteiger partial charge on any atom is 0.326 e. The number of amides is 9. The Balaban J connectivity index is 3.19. The highest BCUT2D eigenvalue weighted by Crippen LogP contribution is 2.20. The van der Waals surface area contributed by atoms with Crippen LogP contribution in [0, 0.1) is 17.8 Å². The van der Waals surface area contributed by atoms with E-state index in [0.717, 1.165) is 4.90 Å². The number of aliphatic hydroxyl groups excluding tert-OH is 1. The molecule has 0 aromatic carbocycles. The molecule has 1 saturated heterocycles. The van der Waals surface area contributed by atoms with Gasteiger partial charge in [-0.1, -0.05) is 48.0 Å². The first-order valence-electron chi connectivity index (χ1n) is 20.8.